The fourth-order valence-corrected chi connectivity index (χ4v) is 5.67. The van der Waals surface area contributed by atoms with E-state index in [1.54, 1.807) is 0 Å². The summed E-state index contributed by atoms with van der Waals surface area (Å²) >= 11 is 0. The van der Waals surface area contributed by atoms with E-state index >= 15 is 0 Å². The summed E-state index contributed by atoms with van der Waals surface area (Å²) in [7, 11) is 0. The second kappa shape index (κ2) is 13.5. The second-order valence-electron chi connectivity index (χ2n) is 10.5. The summed E-state index contributed by atoms with van der Waals surface area (Å²) in [5.74, 6) is 0. The Kier molecular flexibility index (Phi) is 8.73. The maximum Gasteiger partial charge on any atom is 0.0672 e. The maximum atomic E-state index is 2.45. The highest BCUT2D eigenvalue weighted by Gasteiger charge is 2.22. The first-order valence-corrected chi connectivity index (χ1v) is 14.7. The average Bonchev–Trinajstić information content (AvgIpc) is 3.64. The van der Waals surface area contributed by atoms with Crippen LogP contribution in [-0.4, -0.2) is 24.2 Å². The minimum absolute atomic E-state index is 0.151. The van der Waals surface area contributed by atoms with Crippen molar-refractivity contribution in [2.75, 3.05) is 9.80 Å². The minimum atomic E-state index is 0.151. The number of anilines is 2. The van der Waals surface area contributed by atoms with Crippen LogP contribution in [0.5, 0.6) is 0 Å². The van der Waals surface area contributed by atoms with Gasteiger partial charge in [0.2, 0.25) is 0 Å². The Hall–Kier alpha value is -5.08. The molecule has 6 rings (SSSR count). The van der Waals surface area contributed by atoms with Gasteiger partial charge in [-0.25, -0.2) is 0 Å². The van der Waals surface area contributed by atoms with E-state index in [4.69, 9.17) is 0 Å². The van der Waals surface area contributed by atoms with Gasteiger partial charge in [-0.15, -0.1) is 0 Å². The van der Waals surface area contributed by atoms with Gasteiger partial charge in [-0.3, -0.25) is 0 Å². The molecule has 0 radical (unpaired) electrons. The Labute approximate surface area is 250 Å². The molecule has 206 valence electrons. The van der Waals surface area contributed by atoms with Crippen LogP contribution in [0.15, 0.2) is 194 Å². The maximum absolute atomic E-state index is 2.45. The van der Waals surface area contributed by atoms with Crippen LogP contribution >= 0.6 is 0 Å². The molecule has 2 aromatic rings. The largest absolute Gasteiger partial charge is 0.352 e. The van der Waals surface area contributed by atoms with Gasteiger partial charge < -0.3 is 9.80 Å². The van der Waals surface area contributed by atoms with Crippen LogP contribution in [0.1, 0.15) is 0 Å². The van der Waals surface area contributed by atoms with Crippen molar-refractivity contribution in [1.82, 2.24) is 0 Å². The third-order valence-corrected chi connectivity index (χ3v) is 7.75. The van der Waals surface area contributed by atoms with Gasteiger partial charge in [-0.1, -0.05) is 170 Å². The molecule has 2 heteroatoms. The normalized spacial score (nSPS) is 18.4. The summed E-state index contributed by atoms with van der Waals surface area (Å²) in [6.45, 7) is 0. The minimum Gasteiger partial charge on any atom is -0.352 e. The van der Waals surface area contributed by atoms with E-state index in [1.807, 2.05) is 0 Å². The van der Waals surface area contributed by atoms with Crippen molar-refractivity contribution < 1.29 is 0 Å². The van der Waals surface area contributed by atoms with Crippen molar-refractivity contribution in [2.24, 2.45) is 0 Å². The lowest BCUT2D eigenvalue weighted by Crippen LogP contribution is -2.39. The van der Waals surface area contributed by atoms with Crippen LogP contribution < -0.4 is 9.80 Å². The predicted molar refractivity (Wildman–Crippen MR) is 182 cm³/mol. The zero-order valence-electron chi connectivity index (χ0n) is 23.7. The molecule has 0 unspecified atom stereocenters. The zero-order valence-corrected chi connectivity index (χ0v) is 23.7. The van der Waals surface area contributed by atoms with Gasteiger partial charge in [0.25, 0.3) is 0 Å². The summed E-state index contributed by atoms with van der Waals surface area (Å²) in [6, 6.07) is 18.6. The van der Waals surface area contributed by atoms with E-state index in [1.165, 1.54) is 22.5 Å². The molecular weight excluding hydrogens is 508 g/mol. The number of rotatable bonds is 7. The van der Waals surface area contributed by atoms with Gasteiger partial charge >= 0.3 is 0 Å². The van der Waals surface area contributed by atoms with Crippen LogP contribution in [-0.2, 0) is 0 Å². The highest BCUT2D eigenvalue weighted by atomic mass is 15.2. The van der Waals surface area contributed by atoms with E-state index in [0.717, 1.165) is 0 Å². The Morgan fingerprint density at radius 3 is 0.690 bits per heavy atom. The molecule has 0 aromatic heterocycles. The molecule has 0 fully saturated rings. The Morgan fingerprint density at radius 1 is 0.262 bits per heavy atom. The van der Waals surface area contributed by atoms with E-state index in [0.29, 0.717) is 0 Å². The van der Waals surface area contributed by atoms with Gasteiger partial charge in [0.1, 0.15) is 0 Å². The SMILES string of the molecule is C1=CC=CC(N(c2ccc(-c3ccc(N(C4C=CC=CC=C4)C4C=CC=CC=C4)cc3)cc2)C2C=CC=CC=C2)C=C1. The number of allylic oxidation sites excluding steroid dienone is 16. The van der Waals surface area contributed by atoms with Crippen LogP contribution in [0.25, 0.3) is 11.1 Å². The molecule has 0 spiro atoms. The molecule has 0 N–H and O–H groups in total. The molecule has 4 aliphatic rings. The molecule has 0 amide bonds. The monoisotopic (exact) mass is 544 g/mol. The Morgan fingerprint density at radius 2 is 0.476 bits per heavy atom. The lowest BCUT2D eigenvalue weighted by atomic mass is 10.0. The molecule has 2 aromatic carbocycles. The zero-order chi connectivity index (χ0) is 28.4. The predicted octanol–water partition coefficient (Wildman–Crippen LogP) is 9.17. The highest BCUT2D eigenvalue weighted by Crippen LogP contribution is 2.31. The van der Waals surface area contributed by atoms with Gasteiger partial charge in [0.15, 0.2) is 0 Å². The first kappa shape index (κ1) is 27.1. The molecule has 2 nitrogen and oxygen atoms in total. The molecule has 0 aliphatic heterocycles. The van der Waals surface area contributed by atoms with E-state index in [9.17, 15) is 0 Å². The summed E-state index contributed by atoms with van der Waals surface area (Å²) in [5, 5.41) is 0. The fraction of sp³-hybridized carbons (Fsp3) is 0.100. The lowest BCUT2D eigenvalue weighted by Gasteiger charge is -2.35. The molecule has 0 bridgehead atoms. The number of hydrogen-bond donors (Lipinski definition) is 0. The van der Waals surface area contributed by atoms with Gasteiger partial charge in [0.05, 0.1) is 24.2 Å². The smallest absolute Gasteiger partial charge is 0.0672 e. The van der Waals surface area contributed by atoms with Crippen LogP contribution in [0, 0.1) is 0 Å². The molecule has 0 atom stereocenters. The second-order valence-corrected chi connectivity index (χ2v) is 10.5. The molecule has 0 heterocycles. The Balaban J connectivity index is 1.27. The van der Waals surface area contributed by atoms with Crippen molar-refractivity contribution in [2.45, 2.75) is 24.2 Å². The summed E-state index contributed by atoms with van der Waals surface area (Å²) in [5.41, 5.74) is 4.78. The summed E-state index contributed by atoms with van der Waals surface area (Å²) < 4.78 is 0. The lowest BCUT2D eigenvalue weighted by molar-refractivity contribution is 0.763. The number of benzene rings is 2. The topological polar surface area (TPSA) is 6.48 Å². The first-order valence-electron chi connectivity index (χ1n) is 14.7. The molecule has 0 saturated heterocycles. The summed E-state index contributed by atoms with van der Waals surface area (Å²) in [4.78, 5) is 4.91. The van der Waals surface area contributed by atoms with E-state index in [-0.39, 0.29) is 24.2 Å². The van der Waals surface area contributed by atoms with Crippen LogP contribution in [0.3, 0.4) is 0 Å². The van der Waals surface area contributed by atoms with Gasteiger partial charge in [-0.05, 0) is 35.4 Å². The van der Waals surface area contributed by atoms with E-state index in [2.05, 4.69) is 204 Å². The fourth-order valence-electron chi connectivity index (χ4n) is 5.67. The molecular formula is C40H36N2. The average molecular weight is 545 g/mol. The highest BCUT2D eigenvalue weighted by molar-refractivity contribution is 5.70. The van der Waals surface area contributed by atoms with Crippen molar-refractivity contribution in [1.29, 1.82) is 0 Å². The van der Waals surface area contributed by atoms with Gasteiger partial charge in [-0.2, -0.15) is 0 Å². The van der Waals surface area contributed by atoms with E-state index < -0.39 is 0 Å². The first-order chi connectivity index (χ1) is 20.9. The third kappa shape index (κ3) is 6.45. The van der Waals surface area contributed by atoms with Crippen molar-refractivity contribution >= 4 is 11.4 Å². The quantitative estimate of drug-likeness (QED) is 0.343. The standard InChI is InChI=1S/C40H36N2/c1-2-10-18-35(17-9-1)41(36-19-11-3-4-12-20-36)39-29-25-33(26-30-39)34-27-31-40(32-28-34)42(37-21-13-5-6-14-22-37)38-23-15-7-8-16-24-38/h1-32,35-38H. The molecule has 0 saturated carbocycles. The van der Waals surface area contributed by atoms with Crippen molar-refractivity contribution in [3.8, 4) is 11.1 Å². The molecule has 4 aliphatic carbocycles. The van der Waals surface area contributed by atoms with Gasteiger partial charge in [0, 0.05) is 11.4 Å². The van der Waals surface area contributed by atoms with Crippen LogP contribution in [0.2, 0.25) is 0 Å². The number of hydrogen-bond acceptors (Lipinski definition) is 2. The summed E-state index contributed by atoms with van der Waals surface area (Å²) in [6.07, 6.45) is 51.8. The third-order valence-electron chi connectivity index (χ3n) is 7.75. The Bertz CT molecular complexity index is 1320. The number of nitrogens with zero attached hydrogens (tertiary/aromatic N) is 2. The molecule has 42 heavy (non-hydrogen) atoms. The van der Waals surface area contributed by atoms with Crippen molar-refractivity contribution in [3.63, 3.8) is 0 Å². The van der Waals surface area contributed by atoms with Crippen LogP contribution in [0.4, 0.5) is 11.4 Å². The van der Waals surface area contributed by atoms with Crippen molar-refractivity contribution in [3.05, 3.63) is 194 Å².